The number of halogens is 1. The summed E-state index contributed by atoms with van der Waals surface area (Å²) >= 11 is 6.06. The Morgan fingerprint density at radius 2 is 1.78 bits per heavy atom. The van der Waals surface area contributed by atoms with E-state index in [1.54, 1.807) is 0 Å². The summed E-state index contributed by atoms with van der Waals surface area (Å²) in [7, 11) is 0. The number of carboxylic acid groups (broad SMARTS) is 1. The molecule has 1 saturated carbocycles. The highest BCUT2D eigenvalue weighted by atomic mass is 35.5. The highest BCUT2D eigenvalue weighted by Gasteiger charge is 2.32. The summed E-state index contributed by atoms with van der Waals surface area (Å²) < 4.78 is 0. The molecule has 126 valence electrons. The number of hydrogen-bond acceptors (Lipinski definition) is 2. The van der Waals surface area contributed by atoms with Crippen LogP contribution in [0.5, 0.6) is 0 Å². The van der Waals surface area contributed by atoms with Crippen molar-refractivity contribution in [1.82, 2.24) is 0 Å². The fourth-order valence-corrected chi connectivity index (χ4v) is 3.38. The summed E-state index contributed by atoms with van der Waals surface area (Å²) in [6.45, 7) is 6.74. The van der Waals surface area contributed by atoms with Crippen molar-refractivity contribution in [2.75, 3.05) is 5.32 Å². The van der Waals surface area contributed by atoms with Gasteiger partial charge >= 0.3 is 5.97 Å². The Morgan fingerprint density at radius 3 is 2.30 bits per heavy atom. The van der Waals surface area contributed by atoms with E-state index in [-0.39, 0.29) is 22.8 Å². The molecule has 0 unspecified atom stereocenters. The minimum Gasteiger partial charge on any atom is -0.478 e. The first-order chi connectivity index (χ1) is 10.7. The number of carbonyl (C=O) groups is 2. The second-order valence-corrected chi connectivity index (χ2v) is 7.81. The molecule has 1 aliphatic rings. The molecule has 1 aliphatic carbocycles. The Labute approximate surface area is 142 Å². The molecular weight excluding hydrogens is 314 g/mol. The number of rotatable bonds is 3. The number of anilines is 1. The SMILES string of the molecule is CC(C)(C)C1CCC(C(=O)Nc2cc(C(=O)O)ccc2Cl)CC1. The van der Waals surface area contributed by atoms with Gasteiger partial charge in [0.05, 0.1) is 16.3 Å². The number of carbonyl (C=O) groups excluding carboxylic acids is 1. The standard InChI is InChI=1S/C18H24ClNO3/c1-18(2,3)13-7-4-11(5-8-13)16(21)20-15-10-12(17(22)23)6-9-14(15)19/h6,9-11,13H,4-5,7-8H2,1-3H3,(H,20,21)(H,22,23). The summed E-state index contributed by atoms with van der Waals surface area (Å²) in [4.78, 5) is 23.5. The van der Waals surface area contributed by atoms with Crippen LogP contribution in [0.25, 0.3) is 0 Å². The maximum absolute atomic E-state index is 12.4. The summed E-state index contributed by atoms with van der Waals surface area (Å²) in [6.07, 6.45) is 3.82. The first kappa shape index (κ1) is 17.8. The predicted octanol–water partition coefficient (Wildman–Crippen LogP) is 4.83. The second-order valence-electron chi connectivity index (χ2n) is 7.40. The van der Waals surface area contributed by atoms with Crippen molar-refractivity contribution in [2.45, 2.75) is 46.5 Å². The van der Waals surface area contributed by atoms with Crippen molar-refractivity contribution in [3.63, 3.8) is 0 Å². The molecule has 2 rings (SSSR count). The van der Waals surface area contributed by atoms with Gasteiger partial charge in [-0.3, -0.25) is 4.79 Å². The van der Waals surface area contributed by atoms with Crippen LogP contribution in [0, 0.1) is 17.3 Å². The lowest BCUT2D eigenvalue weighted by Crippen LogP contribution is -2.31. The molecule has 0 radical (unpaired) electrons. The maximum atomic E-state index is 12.4. The van der Waals surface area contributed by atoms with Crippen LogP contribution in [-0.2, 0) is 4.79 Å². The van der Waals surface area contributed by atoms with Gasteiger partial charge in [0.2, 0.25) is 5.91 Å². The molecule has 0 aromatic heterocycles. The molecule has 0 saturated heterocycles. The van der Waals surface area contributed by atoms with E-state index < -0.39 is 5.97 Å². The normalized spacial score (nSPS) is 21.7. The topological polar surface area (TPSA) is 66.4 Å². The lowest BCUT2D eigenvalue weighted by atomic mass is 9.69. The number of benzene rings is 1. The third-order valence-electron chi connectivity index (χ3n) is 4.79. The fourth-order valence-electron chi connectivity index (χ4n) is 3.21. The van der Waals surface area contributed by atoms with Crippen LogP contribution in [0.1, 0.15) is 56.8 Å². The number of hydrogen-bond donors (Lipinski definition) is 2. The van der Waals surface area contributed by atoms with E-state index >= 15 is 0 Å². The number of amides is 1. The van der Waals surface area contributed by atoms with Gasteiger partial charge < -0.3 is 10.4 Å². The van der Waals surface area contributed by atoms with Crippen molar-refractivity contribution in [1.29, 1.82) is 0 Å². The minimum atomic E-state index is -1.04. The zero-order valence-electron chi connectivity index (χ0n) is 13.9. The van der Waals surface area contributed by atoms with Crippen molar-refractivity contribution in [2.24, 2.45) is 17.3 Å². The lowest BCUT2D eigenvalue weighted by Gasteiger charge is -2.36. The van der Waals surface area contributed by atoms with Crippen LogP contribution in [0.4, 0.5) is 5.69 Å². The molecule has 1 aromatic carbocycles. The zero-order chi connectivity index (χ0) is 17.2. The maximum Gasteiger partial charge on any atom is 0.335 e. The van der Waals surface area contributed by atoms with Crippen molar-refractivity contribution in [3.8, 4) is 0 Å². The van der Waals surface area contributed by atoms with Crippen LogP contribution in [-0.4, -0.2) is 17.0 Å². The first-order valence-corrected chi connectivity index (χ1v) is 8.40. The largest absolute Gasteiger partial charge is 0.478 e. The molecule has 4 nitrogen and oxygen atoms in total. The van der Waals surface area contributed by atoms with E-state index in [2.05, 4.69) is 26.1 Å². The van der Waals surface area contributed by atoms with Crippen LogP contribution < -0.4 is 5.32 Å². The molecule has 0 heterocycles. The molecule has 0 bridgehead atoms. The van der Waals surface area contributed by atoms with E-state index in [1.165, 1.54) is 18.2 Å². The van der Waals surface area contributed by atoms with Crippen molar-refractivity contribution >= 4 is 29.2 Å². The van der Waals surface area contributed by atoms with Crippen LogP contribution >= 0.6 is 11.6 Å². The second kappa shape index (κ2) is 6.91. The smallest absolute Gasteiger partial charge is 0.335 e. The van der Waals surface area contributed by atoms with E-state index in [9.17, 15) is 9.59 Å². The first-order valence-electron chi connectivity index (χ1n) is 8.02. The number of nitrogens with one attached hydrogen (secondary N) is 1. The molecule has 5 heteroatoms. The van der Waals surface area contributed by atoms with Gasteiger partial charge in [-0.05, 0) is 55.2 Å². The highest BCUT2D eigenvalue weighted by Crippen LogP contribution is 2.40. The van der Waals surface area contributed by atoms with Crippen molar-refractivity contribution < 1.29 is 14.7 Å². The van der Waals surface area contributed by atoms with Gasteiger partial charge in [-0.2, -0.15) is 0 Å². The van der Waals surface area contributed by atoms with E-state index in [4.69, 9.17) is 16.7 Å². The van der Waals surface area contributed by atoms with Gasteiger partial charge in [-0.1, -0.05) is 32.4 Å². The zero-order valence-corrected chi connectivity index (χ0v) is 14.6. The van der Waals surface area contributed by atoms with Gasteiger partial charge in [0.25, 0.3) is 0 Å². The summed E-state index contributed by atoms with van der Waals surface area (Å²) in [6, 6.07) is 4.33. The molecule has 0 aliphatic heterocycles. The molecule has 0 spiro atoms. The van der Waals surface area contributed by atoms with E-state index in [0.717, 1.165) is 25.7 Å². The van der Waals surface area contributed by atoms with Crippen molar-refractivity contribution in [3.05, 3.63) is 28.8 Å². The predicted molar refractivity (Wildman–Crippen MR) is 91.9 cm³/mol. The minimum absolute atomic E-state index is 0.0295. The Balaban J connectivity index is 2.01. The Hall–Kier alpha value is -1.55. The molecule has 1 fully saturated rings. The van der Waals surface area contributed by atoms with Crippen LogP contribution in [0.3, 0.4) is 0 Å². The fraction of sp³-hybridized carbons (Fsp3) is 0.556. The molecular formula is C18H24ClNO3. The average Bonchev–Trinajstić information content (AvgIpc) is 2.48. The summed E-state index contributed by atoms with van der Waals surface area (Å²) in [5.41, 5.74) is 0.760. The van der Waals surface area contributed by atoms with Gasteiger partial charge in [-0.25, -0.2) is 4.79 Å². The van der Waals surface area contributed by atoms with Gasteiger partial charge in [0.15, 0.2) is 0 Å². The van der Waals surface area contributed by atoms with Gasteiger partial charge in [0.1, 0.15) is 0 Å². The Kier molecular flexibility index (Phi) is 5.35. The van der Waals surface area contributed by atoms with Gasteiger partial charge in [-0.15, -0.1) is 0 Å². The quantitative estimate of drug-likeness (QED) is 0.830. The number of aromatic carboxylic acids is 1. The van der Waals surface area contributed by atoms with E-state index in [0.29, 0.717) is 16.6 Å². The Bertz CT molecular complexity index is 599. The third-order valence-corrected chi connectivity index (χ3v) is 5.12. The van der Waals surface area contributed by atoms with E-state index in [1.807, 2.05) is 0 Å². The van der Waals surface area contributed by atoms with Crippen LogP contribution in [0.2, 0.25) is 5.02 Å². The van der Waals surface area contributed by atoms with Crippen LogP contribution in [0.15, 0.2) is 18.2 Å². The number of carboxylic acids is 1. The monoisotopic (exact) mass is 337 g/mol. The average molecular weight is 338 g/mol. The Morgan fingerprint density at radius 1 is 1.17 bits per heavy atom. The third kappa shape index (κ3) is 4.47. The molecule has 1 amide bonds. The molecule has 2 N–H and O–H groups in total. The molecule has 23 heavy (non-hydrogen) atoms. The summed E-state index contributed by atoms with van der Waals surface area (Å²) in [5, 5.41) is 12.2. The molecule has 0 atom stereocenters. The lowest BCUT2D eigenvalue weighted by molar-refractivity contribution is -0.121. The van der Waals surface area contributed by atoms with Gasteiger partial charge in [0, 0.05) is 5.92 Å². The highest BCUT2D eigenvalue weighted by molar-refractivity contribution is 6.33. The molecule has 1 aromatic rings. The summed E-state index contributed by atoms with van der Waals surface area (Å²) in [5.74, 6) is -0.492.